The molecule has 0 saturated heterocycles. The first-order valence-corrected chi connectivity index (χ1v) is 7.06. The molecular formula is C17H18FNO2. The lowest BCUT2D eigenvalue weighted by molar-refractivity contribution is 0.171. The van der Waals surface area contributed by atoms with Crippen molar-refractivity contribution in [2.24, 2.45) is 0 Å². The Morgan fingerprint density at radius 2 is 1.86 bits per heavy atom. The maximum Gasteiger partial charge on any atom is 0.161 e. The Labute approximate surface area is 123 Å². The van der Waals surface area contributed by atoms with E-state index >= 15 is 0 Å². The van der Waals surface area contributed by atoms with Crippen molar-refractivity contribution in [3.05, 3.63) is 53.3 Å². The molecule has 0 bridgehead atoms. The third-order valence-corrected chi connectivity index (χ3v) is 3.71. The molecule has 2 aromatic carbocycles. The fourth-order valence-corrected chi connectivity index (χ4v) is 2.41. The van der Waals surface area contributed by atoms with E-state index in [0.29, 0.717) is 18.8 Å². The topological polar surface area (TPSA) is 30.5 Å². The van der Waals surface area contributed by atoms with Gasteiger partial charge in [-0.2, -0.15) is 0 Å². The second-order valence-electron chi connectivity index (χ2n) is 5.18. The van der Waals surface area contributed by atoms with Gasteiger partial charge >= 0.3 is 0 Å². The maximum atomic E-state index is 13.6. The molecule has 1 aliphatic rings. The first-order valence-electron chi connectivity index (χ1n) is 7.06. The van der Waals surface area contributed by atoms with Crippen LogP contribution in [0.1, 0.15) is 24.1 Å². The van der Waals surface area contributed by atoms with Gasteiger partial charge in [0.15, 0.2) is 11.5 Å². The van der Waals surface area contributed by atoms with Crippen LogP contribution in [0.25, 0.3) is 0 Å². The average Bonchev–Trinajstić information content (AvgIpc) is 2.51. The van der Waals surface area contributed by atoms with E-state index in [-0.39, 0.29) is 11.9 Å². The Bertz CT molecular complexity index is 657. The molecule has 0 aromatic heterocycles. The highest BCUT2D eigenvalue weighted by atomic mass is 19.1. The lowest BCUT2D eigenvalue weighted by Gasteiger charge is -2.22. The molecule has 21 heavy (non-hydrogen) atoms. The fourth-order valence-electron chi connectivity index (χ4n) is 2.41. The smallest absolute Gasteiger partial charge is 0.161 e. The summed E-state index contributed by atoms with van der Waals surface area (Å²) >= 11 is 0. The molecule has 0 saturated carbocycles. The molecule has 3 rings (SSSR count). The molecular weight excluding hydrogens is 269 g/mol. The molecule has 1 aliphatic heterocycles. The van der Waals surface area contributed by atoms with E-state index in [4.69, 9.17) is 9.47 Å². The van der Waals surface area contributed by atoms with Crippen molar-refractivity contribution >= 4 is 5.69 Å². The molecule has 3 nitrogen and oxygen atoms in total. The van der Waals surface area contributed by atoms with E-state index in [0.717, 1.165) is 22.7 Å². The Morgan fingerprint density at radius 3 is 2.67 bits per heavy atom. The number of anilines is 1. The fraction of sp³-hybridized carbons (Fsp3) is 0.294. The second-order valence-corrected chi connectivity index (χ2v) is 5.18. The van der Waals surface area contributed by atoms with Crippen molar-refractivity contribution in [1.82, 2.24) is 0 Å². The Morgan fingerprint density at radius 1 is 1.10 bits per heavy atom. The number of rotatable bonds is 3. The lowest BCUT2D eigenvalue weighted by atomic mass is 10.1. The van der Waals surface area contributed by atoms with Crippen LogP contribution in [-0.2, 0) is 0 Å². The van der Waals surface area contributed by atoms with Gasteiger partial charge in [0.1, 0.15) is 19.0 Å². The molecule has 1 heterocycles. The molecule has 4 heteroatoms. The van der Waals surface area contributed by atoms with E-state index < -0.39 is 0 Å². The molecule has 1 atom stereocenters. The standard InChI is InChI=1S/C17H18FNO2/c1-11-14(18)4-3-5-15(11)19-12(2)13-6-7-16-17(10-13)21-9-8-20-16/h3-7,10,12,19H,8-9H2,1-2H3. The largest absolute Gasteiger partial charge is 0.486 e. The minimum absolute atomic E-state index is 0.0429. The predicted molar refractivity (Wildman–Crippen MR) is 80.6 cm³/mol. The van der Waals surface area contributed by atoms with Crippen LogP contribution >= 0.6 is 0 Å². The van der Waals surface area contributed by atoms with Crippen LogP contribution in [0, 0.1) is 12.7 Å². The Hall–Kier alpha value is -2.23. The first kappa shape index (κ1) is 13.7. The molecule has 1 N–H and O–H groups in total. The second kappa shape index (κ2) is 5.64. The van der Waals surface area contributed by atoms with Gasteiger partial charge in [-0.1, -0.05) is 12.1 Å². The lowest BCUT2D eigenvalue weighted by Crippen LogP contribution is -2.16. The summed E-state index contributed by atoms with van der Waals surface area (Å²) in [5, 5.41) is 3.34. The van der Waals surface area contributed by atoms with Crippen molar-refractivity contribution in [2.45, 2.75) is 19.9 Å². The summed E-state index contributed by atoms with van der Waals surface area (Å²) in [7, 11) is 0. The van der Waals surface area contributed by atoms with Gasteiger partial charge in [-0.05, 0) is 43.7 Å². The summed E-state index contributed by atoms with van der Waals surface area (Å²) in [5.74, 6) is 1.34. The molecule has 110 valence electrons. The number of fused-ring (bicyclic) bond motifs is 1. The van der Waals surface area contributed by atoms with Crippen LogP contribution in [0.4, 0.5) is 10.1 Å². The Balaban J connectivity index is 1.82. The van der Waals surface area contributed by atoms with Crippen molar-refractivity contribution in [3.63, 3.8) is 0 Å². The summed E-state index contributed by atoms with van der Waals surface area (Å²) in [6.07, 6.45) is 0. The maximum absolute atomic E-state index is 13.6. The van der Waals surface area contributed by atoms with E-state index in [1.54, 1.807) is 13.0 Å². The third-order valence-electron chi connectivity index (χ3n) is 3.71. The van der Waals surface area contributed by atoms with Crippen molar-refractivity contribution in [1.29, 1.82) is 0 Å². The van der Waals surface area contributed by atoms with Gasteiger partial charge in [-0.15, -0.1) is 0 Å². The molecule has 1 unspecified atom stereocenters. The zero-order chi connectivity index (χ0) is 14.8. The highest BCUT2D eigenvalue weighted by molar-refractivity contribution is 5.53. The van der Waals surface area contributed by atoms with Crippen molar-refractivity contribution < 1.29 is 13.9 Å². The van der Waals surface area contributed by atoms with Gasteiger partial charge in [0.25, 0.3) is 0 Å². The van der Waals surface area contributed by atoms with Crippen LogP contribution in [0.2, 0.25) is 0 Å². The zero-order valence-corrected chi connectivity index (χ0v) is 12.2. The highest BCUT2D eigenvalue weighted by Gasteiger charge is 2.15. The number of hydrogen-bond donors (Lipinski definition) is 1. The molecule has 2 aromatic rings. The predicted octanol–water partition coefficient (Wildman–Crippen LogP) is 4.08. The molecule has 0 radical (unpaired) electrons. The number of ether oxygens (including phenoxy) is 2. The van der Waals surface area contributed by atoms with Crippen LogP contribution in [-0.4, -0.2) is 13.2 Å². The monoisotopic (exact) mass is 287 g/mol. The number of halogens is 1. The SMILES string of the molecule is Cc1c(F)cccc1NC(C)c1ccc2c(c1)OCCO2. The van der Waals surface area contributed by atoms with Crippen LogP contribution < -0.4 is 14.8 Å². The van der Waals surface area contributed by atoms with E-state index in [9.17, 15) is 4.39 Å². The quantitative estimate of drug-likeness (QED) is 0.922. The molecule has 0 spiro atoms. The van der Waals surface area contributed by atoms with E-state index in [2.05, 4.69) is 5.32 Å². The normalized spacial score (nSPS) is 14.6. The van der Waals surface area contributed by atoms with E-state index in [1.165, 1.54) is 6.07 Å². The van der Waals surface area contributed by atoms with Crippen LogP contribution in [0.5, 0.6) is 11.5 Å². The summed E-state index contributed by atoms with van der Waals surface area (Å²) in [5.41, 5.74) is 2.50. The highest BCUT2D eigenvalue weighted by Crippen LogP contribution is 2.33. The summed E-state index contributed by atoms with van der Waals surface area (Å²) in [6, 6.07) is 11.0. The van der Waals surface area contributed by atoms with Gasteiger partial charge in [0.05, 0.1) is 0 Å². The van der Waals surface area contributed by atoms with Crippen molar-refractivity contribution in [2.75, 3.05) is 18.5 Å². The molecule has 0 fully saturated rings. The Kier molecular flexibility index (Phi) is 3.69. The zero-order valence-electron chi connectivity index (χ0n) is 12.2. The minimum atomic E-state index is -0.200. The number of benzene rings is 2. The average molecular weight is 287 g/mol. The van der Waals surface area contributed by atoms with Crippen LogP contribution in [0.3, 0.4) is 0 Å². The van der Waals surface area contributed by atoms with Gasteiger partial charge in [0.2, 0.25) is 0 Å². The third kappa shape index (κ3) is 2.79. The van der Waals surface area contributed by atoms with Gasteiger partial charge in [-0.25, -0.2) is 4.39 Å². The molecule has 0 amide bonds. The van der Waals surface area contributed by atoms with Gasteiger partial charge < -0.3 is 14.8 Å². The number of nitrogens with one attached hydrogen (secondary N) is 1. The van der Waals surface area contributed by atoms with Crippen molar-refractivity contribution in [3.8, 4) is 11.5 Å². The van der Waals surface area contributed by atoms with Gasteiger partial charge in [0, 0.05) is 17.3 Å². The number of hydrogen-bond acceptors (Lipinski definition) is 3. The summed E-state index contributed by atoms with van der Waals surface area (Å²) in [6.45, 7) is 4.97. The molecule has 0 aliphatic carbocycles. The van der Waals surface area contributed by atoms with Crippen LogP contribution in [0.15, 0.2) is 36.4 Å². The summed E-state index contributed by atoms with van der Waals surface area (Å²) in [4.78, 5) is 0. The first-order chi connectivity index (χ1) is 10.1. The minimum Gasteiger partial charge on any atom is -0.486 e. The summed E-state index contributed by atoms with van der Waals surface area (Å²) < 4.78 is 24.7. The van der Waals surface area contributed by atoms with Gasteiger partial charge in [-0.3, -0.25) is 0 Å². The van der Waals surface area contributed by atoms with E-state index in [1.807, 2.05) is 31.2 Å².